The van der Waals surface area contributed by atoms with Crippen molar-refractivity contribution in [1.82, 2.24) is 25.0 Å². The Bertz CT molecular complexity index is 896. The van der Waals surface area contributed by atoms with Crippen LogP contribution in [0.15, 0.2) is 47.9 Å². The van der Waals surface area contributed by atoms with Crippen LogP contribution in [0.25, 0.3) is 5.57 Å². The molecule has 29 heavy (non-hydrogen) atoms. The molecule has 154 valence electrons. The highest BCUT2D eigenvalue weighted by Crippen LogP contribution is 2.38. The van der Waals surface area contributed by atoms with Crippen molar-refractivity contribution in [3.05, 3.63) is 65.1 Å². The minimum Gasteiger partial charge on any atom is -0.323 e. The van der Waals surface area contributed by atoms with Crippen LogP contribution in [0, 0.1) is 11.6 Å². The van der Waals surface area contributed by atoms with Gasteiger partial charge in [-0.3, -0.25) is 9.73 Å². The van der Waals surface area contributed by atoms with Gasteiger partial charge in [-0.25, -0.2) is 18.6 Å². The number of benzene rings is 1. The topological polar surface area (TPSA) is 50.9 Å². The van der Waals surface area contributed by atoms with E-state index in [1.54, 1.807) is 34.0 Å². The molecule has 0 aromatic heterocycles. The third kappa shape index (κ3) is 3.77. The van der Waals surface area contributed by atoms with Crippen LogP contribution < -0.4 is 10.0 Å². The van der Waals surface area contributed by atoms with Gasteiger partial charge in [0.15, 0.2) is 0 Å². The number of hydrogen-bond acceptors (Lipinski definition) is 5. The van der Waals surface area contributed by atoms with Crippen molar-refractivity contribution in [2.75, 3.05) is 32.9 Å². The quantitative estimate of drug-likeness (QED) is 0.735. The molecule has 1 aromatic carbocycles. The van der Waals surface area contributed by atoms with Crippen molar-refractivity contribution < 1.29 is 13.6 Å². The lowest BCUT2D eigenvalue weighted by Crippen LogP contribution is -2.40. The van der Waals surface area contributed by atoms with E-state index in [9.17, 15) is 13.6 Å². The van der Waals surface area contributed by atoms with E-state index in [4.69, 9.17) is 0 Å². The number of hydrazine groups is 1. The smallest absolute Gasteiger partial charge is 0.321 e. The molecule has 3 aliphatic rings. The molecule has 1 atom stereocenters. The van der Waals surface area contributed by atoms with Gasteiger partial charge in [0.05, 0.1) is 23.5 Å². The van der Waals surface area contributed by atoms with Gasteiger partial charge in [0.2, 0.25) is 0 Å². The molecule has 0 spiro atoms. The lowest BCUT2D eigenvalue weighted by atomic mass is 9.98. The number of nitrogens with one attached hydrogen (secondary N) is 2. The van der Waals surface area contributed by atoms with E-state index < -0.39 is 11.6 Å². The van der Waals surface area contributed by atoms with Crippen molar-refractivity contribution >= 4 is 23.6 Å². The van der Waals surface area contributed by atoms with Gasteiger partial charge in [0, 0.05) is 38.0 Å². The molecule has 0 radical (unpaired) electrons. The first kappa shape index (κ1) is 19.9. The van der Waals surface area contributed by atoms with Gasteiger partial charge in [0.25, 0.3) is 0 Å². The fraction of sp³-hybridized carbons (Fsp3) is 0.350. The summed E-state index contributed by atoms with van der Waals surface area (Å²) >= 11 is 1.54. The Labute approximate surface area is 173 Å². The summed E-state index contributed by atoms with van der Waals surface area (Å²) in [6.45, 7) is 1.72. The van der Waals surface area contributed by atoms with Crippen molar-refractivity contribution in [3.63, 3.8) is 0 Å². The number of carbonyl (C=O) groups excluding carboxylic acids is 1. The molecule has 0 unspecified atom stereocenters. The number of halogens is 2. The van der Waals surface area contributed by atoms with E-state index in [0.29, 0.717) is 36.6 Å². The summed E-state index contributed by atoms with van der Waals surface area (Å²) in [5.41, 5.74) is 1.53. The van der Waals surface area contributed by atoms with Crippen molar-refractivity contribution in [3.8, 4) is 0 Å². The van der Waals surface area contributed by atoms with Gasteiger partial charge in [-0.15, -0.1) is 0 Å². The SMILES string of the molecule is CSN[C@H]1CCN(C(=O)NC2=C3C(c4c(F)cccc4F)=CC=CN3N(C)C2)C1. The first-order valence-corrected chi connectivity index (χ1v) is 10.6. The number of fused-ring (bicyclic) bond motifs is 1. The van der Waals surface area contributed by atoms with Crippen LogP contribution in [-0.4, -0.2) is 59.9 Å². The highest BCUT2D eigenvalue weighted by molar-refractivity contribution is 7.96. The van der Waals surface area contributed by atoms with E-state index in [0.717, 1.165) is 6.42 Å². The fourth-order valence-corrected chi connectivity index (χ4v) is 4.46. The largest absolute Gasteiger partial charge is 0.323 e. The van der Waals surface area contributed by atoms with Gasteiger partial charge in [0.1, 0.15) is 11.6 Å². The molecule has 3 aliphatic heterocycles. The van der Waals surface area contributed by atoms with Crippen LogP contribution in [-0.2, 0) is 0 Å². The second-order valence-electron chi connectivity index (χ2n) is 7.19. The van der Waals surface area contributed by atoms with Crippen LogP contribution in [0.3, 0.4) is 0 Å². The summed E-state index contributed by atoms with van der Waals surface area (Å²) in [6.07, 6.45) is 8.08. The number of allylic oxidation sites excluding steroid dienone is 3. The first-order valence-electron chi connectivity index (χ1n) is 9.40. The monoisotopic (exact) mass is 419 g/mol. The predicted octanol–water partition coefficient (Wildman–Crippen LogP) is 2.90. The normalized spacial score (nSPS) is 21.7. The highest BCUT2D eigenvalue weighted by Gasteiger charge is 2.35. The molecule has 2 N–H and O–H groups in total. The molecule has 2 amide bonds. The summed E-state index contributed by atoms with van der Waals surface area (Å²) in [7, 11) is 1.86. The Morgan fingerprint density at radius 2 is 2.03 bits per heavy atom. The van der Waals surface area contributed by atoms with E-state index in [2.05, 4.69) is 10.0 Å². The Hall–Kier alpha value is -2.36. The lowest BCUT2D eigenvalue weighted by Gasteiger charge is -2.29. The summed E-state index contributed by atoms with van der Waals surface area (Å²) in [4.78, 5) is 14.6. The van der Waals surface area contributed by atoms with Gasteiger partial charge in [-0.1, -0.05) is 24.1 Å². The third-order valence-electron chi connectivity index (χ3n) is 5.26. The zero-order valence-corrected chi connectivity index (χ0v) is 17.1. The number of hydrogen-bond donors (Lipinski definition) is 2. The van der Waals surface area contributed by atoms with Crippen LogP contribution in [0.1, 0.15) is 12.0 Å². The molecule has 1 saturated heterocycles. The van der Waals surface area contributed by atoms with Gasteiger partial charge < -0.3 is 10.2 Å². The summed E-state index contributed by atoms with van der Waals surface area (Å²) in [6, 6.07) is 3.88. The fourth-order valence-electron chi connectivity index (χ4n) is 3.93. The minimum absolute atomic E-state index is 0.0932. The Balaban J connectivity index is 1.63. The second-order valence-corrected chi connectivity index (χ2v) is 7.83. The molecular formula is C20H23F2N5OS. The van der Waals surface area contributed by atoms with Gasteiger partial charge in [-0.2, -0.15) is 0 Å². The van der Waals surface area contributed by atoms with Crippen molar-refractivity contribution in [2.24, 2.45) is 0 Å². The number of likely N-dealkylation sites (tertiary alicyclic amines) is 1. The molecule has 0 aliphatic carbocycles. The maximum absolute atomic E-state index is 14.5. The summed E-state index contributed by atoms with van der Waals surface area (Å²) in [5.74, 6) is -1.27. The maximum atomic E-state index is 14.5. The van der Waals surface area contributed by atoms with Crippen LogP contribution in [0.5, 0.6) is 0 Å². The number of amides is 2. The molecule has 4 rings (SSSR count). The molecule has 6 nitrogen and oxygen atoms in total. The molecule has 1 aromatic rings. The maximum Gasteiger partial charge on any atom is 0.321 e. The second kappa shape index (κ2) is 8.17. The summed E-state index contributed by atoms with van der Waals surface area (Å²) in [5, 5.41) is 6.67. The van der Waals surface area contributed by atoms with E-state index in [1.165, 1.54) is 18.2 Å². The summed E-state index contributed by atoms with van der Waals surface area (Å²) < 4.78 is 32.2. The average molecular weight is 420 g/mol. The van der Waals surface area contributed by atoms with E-state index in [1.807, 2.05) is 24.5 Å². The highest BCUT2D eigenvalue weighted by atomic mass is 32.2. The number of rotatable bonds is 4. The Morgan fingerprint density at radius 3 is 2.76 bits per heavy atom. The molecule has 1 fully saturated rings. The van der Waals surface area contributed by atoms with Crippen LogP contribution in [0.4, 0.5) is 13.6 Å². The molecule has 0 bridgehead atoms. The van der Waals surface area contributed by atoms with Gasteiger partial charge >= 0.3 is 6.03 Å². The first-order chi connectivity index (χ1) is 14.0. The number of likely N-dealkylation sites (N-methyl/N-ethyl adjacent to an activating group) is 1. The lowest BCUT2D eigenvalue weighted by molar-refractivity contribution is 0.132. The van der Waals surface area contributed by atoms with Gasteiger partial charge in [-0.05, 0) is 30.9 Å². The third-order valence-corrected chi connectivity index (χ3v) is 5.83. The van der Waals surface area contributed by atoms with Crippen molar-refractivity contribution in [1.29, 1.82) is 0 Å². The number of nitrogens with zero attached hydrogens (tertiary/aromatic N) is 3. The zero-order valence-electron chi connectivity index (χ0n) is 16.3. The minimum atomic E-state index is -0.634. The standard InChI is InChI=1S/C20H23F2N5OS/c1-25-12-17(23-20(28)26-10-8-13(11-26)24-29-2)19-14(5-4-9-27(19)25)18-15(21)6-3-7-16(18)22/h3-7,9,13,24H,8,10-12H2,1-2H3,(H,23,28)/t13-/m0/s1. The van der Waals surface area contributed by atoms with Crippen LogP contribution in [0.2, 0.25) is 0 Å². The van der Waals surface area contributed by atoms with Crippen molar-refractivity contribution in [2.45, 2.75) is 12.5 Å². The Kier molecular flexibility index (Phi) is 5.62. The number of urea groups is 1. The molecule has 3 heterocycles. The number of carbonyl (C=O) groups is 1. The van der Waals surface area contributed by atoms with E-state index >= 15 is 0 Å². The molecular weight excluding hydrogens is 396 g/mol. The Morgan fingerprint density at radius 1 is 1.28 bits per heavy atom. The zero-order chi connectivity index (χ0) is 20.5. The molecule has 0 saturated carbocycles. The van der Waals surface area contributed by atoms with Crippen LogP contribution >= 0.6 is 11.9 Å². The predicted molar refractivity (Wildman–Crippen MR) is 110 cm³/mol. The molecule has 9 heteroatoms. The van der Waals surface area contributed by atoms with E-state index in [-0.39, 0.29) is 17.6 Å². The average Bonchev–Trinajstić information content (AvgIpc) is 3.28.